The third-order valence-corrected chi connectivity index (χ3v) is 4.17. The van der Waals surface area contributed by atoms with E-state index < -0.39 is 11.5 Å². The normalized spacial score (nSPS) is 16.5. The Labute approximate surface area is 113 Å². The predicted octanol–water partition coefficient (Wildman–Crippen LogP) is 3.68. The molecule has 1 aromatic rings. The van der Waals surface area contributed by atoms with Gasteiger partial charge in [0, 0.05) is 10.9 Å². The Balaban J connectivity index is 2.92. The Morgan fingerprint density at radius 2 is 2.22 bits per heavy atom. The monoisotopic (exact) mass is 269 g/mol. The van der Waals surface area contributed by atoms with Crippen LogP contribution in [-0.2, 0) is 4.79 Å². The Morgan fingerprint density at radius 1 is 1.56 bits per heavy atom. The second kappa shape index (κ2) is 6.34. The molecule has 0 saturated heterocycles. The maximum Gasteiger partial charge on any atom is 0.323 e. The summed E-state index contributed by atoms with van der Waals surface area (Å²) in [5.74, 6) is -0.411. The molecule has 2 unspecified atom stereocenters. The Hall–Kier alpha value is -0.870. The molecule has 1 heterocycles. The van der Waals surface area contributed by atoms with Gasteiger partial charge in [-0.1, -0.05) is 33.3 Å². The van der Waals surface area contributed by atoms with Crippen LogP contribution in [0, 0.1) is 5.92 Å². The lowest BCUT2D eigenvalue weighted by Crippen LogP contribution is -2.51. The summed E-state index contributed by atoms with van der Waals surface area (Å²) in [6, 6.07) is 4.17. The van der Waals surface area contributed by atoms with Gasteiger partial charge in [0.2, 0.25) is 0 Å². The van der Waals surface area contributed by atoms with Gasteiger partial charge < -0.3 is 5.11 Å². The number of hydrogen-bond acceptors (Lipinski definition) is 3. The molecule has 0 aliphatic heterocycles. The van der Waals surface area contributed by atoms with Gasteiger partial charge in [-0.25, -0.2) is 0 Å². The van der Waals surface area contributed by atoms with Gasteiger partial charge in [-0.15, -0.1) is 11.3 Å². The zero-order valence-corrected chi connectivity index (χ0v) is 12.4. The summed E-state index contributed by atoms with van der Waals surface area (Å²) in [7, 11) is 0. The van der Waals surface area contributed by atoms with Crippen LogP contribution in [0.2, 0.25) is 0 Å². The van der Waals surface area contributed by atoms with E-state index in [2.05, 4.69) is 25.2 Å². The summed E-state index contributed by atoms with van der Waals surface area (Å²) >= 11 is 1.67. The van der Waals surface area contributed by atoms with Crippen molar-refractivity contribution in [3.8, 4) is 0 Å². The minimum absolute atomic E-state index is 0.0950. The average molecular weight is 269 g/mol. The van der Waals surface area contributed by atoms with Crippen LogP contribution in [0.1, 0.15) is 51.5 Å². The molecule has 3 nitrogen and oxygen atoms in total. The third kappa shape index (κ3) is 3.56. The van der Waals surface area contributed by atoms with E-state index >= 15 is 0 Å². The fourth-order valence-corrected chi connectivity index (χ4v) is 3.07. The van der Waals surface area contributed by atoms with Crippen molar-refractivity contribution in [2.45, 2.75) is 52.1 Å². The molecular weight excluding hydrogens is 246 g/mol. The fraction of sp³-hybridized carbons (Fsp3) is 0.643. The molecule has 1 rings (SSSR count). The Morgan fingerprint density at radius 3 is 2.61 bits per heavy atom. The largest absolute Gasteiger partial charge is 0.480 e. The maximum absolute atomic E-state index is 11.5. The molecule has 0 spiro atoms. The molecule has 18 heavy (non-hydrogen) atoms. The first-order valence-electron chi connectivity index (χ1n) is 6.45. The van der Waals surface area contributed by atoms with Gasteiger partial charge in [-0.2, -0.15) is 0 Å². The summed E-state index contributed by atoms with van der Waals surface area (Å²) in [6.45, 7) is 8.03. The third-order valence-electron chi connectivity index (χ3n) is 3.21. The average Bonchev–Trinajstić information content (AvgIpc) is 2.79. The van der Waals surface area contributed by atoms with Crippen molar-refractivity contribution < 1.29 is 9.90 Å². The molecule has 0 aliphatic rings. The van der Waals surface area contributed by atoms with Gasteiger partial charge in [-0.3, -0.25) is 10.1 Å². The summed E-state index contributed by atoms with van der Waals surface area (Å²) < 4.78 is 0. The Bertz CT molecular complexity index is 375. The molecule has 1 aromatic heterocycles. The summed E-state index contributed by atoms with van der Waals surface area (Å²) in [4.78, 5) is 12.7. The summed E-state index contributed by atoms with van der Waals surface area (Å²) in [5, 5.41) is 14.8. The van der Waals surface area contributed by atoms with Crippen LogP contribution in [0.25, 0.3) is 0 Å². The summed E-state index contributed by atoms with van der Waals surface area (Å²) in [6.07, 6.45) is 1.49. The molecular formula is C14H23NO2S. The molecule has 4 heteroatoms. The van der Waals surface area contributed by atoms with E-state index in [0.29, 0.717) is 12.3 Å². The van der Waals surface area contributed by atoms with E-state index in [9.17, 15) is 9.90 Å². The van der Waals surface area contributed by atoms with Crippen LogP contribution in [-0.4, -0.2) is 16.6 Å². The smallest absolute Gasteiger partial charge is 0.323 e. The minimum atomic E-state index is -0.853. The number of carboxylic acids is 1. The van der Waals surface area contributed by atoms with Crippen LogP contribution in [0.4, 0.5) is 0 Å². The molecule has 0 radical (unpaired) electrons. The van der Waals surface area contributed by atoms with Crippen LogP contribution < -0.4 is 5.32 Å². The molecule has 0 bridgehead atoms. The number of carboxylic acid groups (broad SMARTS) is 1. The van der Waals surface area contributed by atoms with Gasteiger partial charge >= 0.3 is 5.97 Å². The molecule has 0 saturated carbocycles. The van der Waals surface area contributed by atoms with Crippen LogP contribution in [0.15, 0.2) is 17.5 Å². The molecule has 2 atom stereocenters. The van der Waals surface area contributed by atoms with E-state index in [0.717, 1.165) is 6.42 Å². The summed E-state index contributed by atoms with van der Waals surface area (Å²) in [5.41, 5.74) is -0.853. The number of rotatable bonds is 7. The standard InChI is InChI=1S/C14H23NO2S/c1-5-8-14(4,13(16)17)15-12(10(2)3)11-7-6-9-18-11/h6-7,9-10,12,15H,5,8H2,1-4H3,(H,16,17). The number of nitrogens with one attached hydrogen (secondary N) is 1. The van der Waals surface area contributed by atoms with Gasteiger partial charge in [0.1, 0.15) is 5.54 Å². The molecule has 0 amide bonds. The quantitative estimate of drug-likeness (QED) is 0.794. The molecule has 2 N–H and O–H groups in total. The first kappa shape index (κ1) is 15.2. The van der Waals surface area contributed by atoms with Gasteiger partial charge in [-0.05, 0) is 30.7 Å². The molecule has 0 fully saturated rings. The lowest BCUT2D eigenvalue weighted by atomic mass is 9.92. The lowest BCUT2D eigenvalue weighted by Gasteiger charge is -2.33. The molecule has 0 aromatic carbocycles. The van der Waals surface area contributed by atoms with E-state index in [1.807, 2.05) is 18.4 Å². The van der Waals surface area contributed by atoms with Crippen molar-refractivity contribution in [2.24, 2.45) is 5.92 Å². The number of hydrogen-bond donors (Lipinski definition) is 2. The highest BCUT2D eigenvalue weighted by Crippen LogP contribution is 2.29. The number of aliphatic carboxylic acids is 1. The van der Waals surface area contributed by atoms with Crippen LogP contribution in [0.3, 0.4) is 0 Å². The molecule has 102 valence electrons. The maximum atomic E-state index is 11.5. The zero-order valence-electron chi connectivity index (χ0n) is 11.6. The van der Waals surface area contributed by atoms with Crippen molar-refractivity contribution in [1.82, 2.24) is 5.32 Å². The number of carbonyl (C=O) groups is 1. The lowest BCUT2D eigenvalue weighted by molar-refractivity contribution is -0.145. The van der Waals surface area contributed by atoms with Crippen LogP contribution in [0.5, 0.6) is 0 Å². The van der Waals surface area contributed by atoms with E-state index in [4.69, 9.17) is 0 Å². The molecule has 0 aliphatic carbocycles. The van der Waals surface area contributed by atoms with Gasteiger partial charge in [0.05, 0.1) is 0 Å². The first-order valence-corrected chi connectivity index (χ1v) is 7.33. The van der Waals surface area contributed by atoms with Gasteiger partial charge in [0.25, 0.3) is 0 Å². The first-order chi connectivity index (χ1) is 8.40. The van der Waals surface area contributed by atoms with Crippen molar-refractivity contribution >= 4 is 17.3 Å². The highest BCUT2D eigenvalue weighted by Gasteiger charge is 2.35. The number of thiophene rings is 1. The highest BCUT2D eigenvalue weighted by atomic mass is 32.1. The van der Waals surface area contributed by atoms with Crippen molar-refractivity contribution in [2.75, 3.05) is 0 Å². The minimum Gasteiger partial charge on any atom is -0.480 e. The zero-order chi connectivity index (χ0) is 13.8. The van der Waals surface area contributed by atoms with E-state index in [1.165, 1.54) is 4.88 Å². The topological polar surface area (TPSA) is 49.3 Å². The predicted molar refractivity (Wildman–Crippen MR) is 76.0 cm³/mol. The highest BCUT2D eigenvalue weighted by molar-refractivity contribution is 7.10. The van der Waals surface area contributed by atoms with Crippen molar-refractivity contribution in [1.29, 1.82) is 0 Å². The fourth-order valence-electron chi connectivity index (χ4n) is 2.12. The second-order valence-corrected chi connectivity index (χ2v) is 6.25. The van der Waals surface area contributed by atoms with Crippen molar-refractivity contribution in [3.05, 3.63) is 22.4 Å². The Kier molecular flexibility index (Phi) is 5.35. The SMILES string of the molecule is CCCC(C)(NC(c1cccs1)C(C)C)C(=O)O. The van der Waals surface area contributed by atoms with E-state index in [1.54, 1.807) is 18.3 Å². The van der Waals surface area contributed by atoms with Crippen LogP contribution >= 0.6 is 11.3 Å². The second-order valence-electron chi connectivity index (χ2n) is 5.27. The van der Waals surface area contributed by atoms with E-state index in [-0.39, 0.29) is 6.04 Å². The van der Waals surface area contributed by atoms with Gasteiger partial charge in [0.15, 0.2) is 0 Å². The van der Waals surface area contributed by atoms with Crippen molar-refractivity contribution in [3.63, 3.8) is 0 Å².